The van der Waals surface area contributed by atoms with E-state index in [0.717, 1.165) is 13.8 Å². The zero-order chi connectivity index (χ0) is 28.3. The molecule has 0 bridgehead atoms. The van der Waals surface area contributed by atoms with Gasteiger partial charge in [-0.05, 0) is 18.8 Å². The number of rotatable bonds is 13. The number of alkyl halides is 10. The molecule has 0 aliphatic heterocycles. The zero-order valence-corrected chi connectivity index (χ0v) is 18.8. The van der Waals surface area contributed by atoms with Crippen LogP contribution in [-0.2, 0) is 24.4 Å². The lowest BCUT2D eigenvalue weighted by Crippen LogP contribution is -2.66. The normalized spacial score (nSPS) is 15.3. The summed E-state index contributed by atoms with van der Waals surface area (Å²) in [7, 11) is -6.41. The van der Waals surface area contributed by atoms with Gasteiger partial charge in [-0.3, -0.25) is 4.55 Å². The molecular weight excluding hydrogens is 538 g/mol. The van der Waals surface area contributed by atoms with Crippen LogP contribution in [0.2, 0.25) is 0 Å². The minimum absolute atomic E-state index is 0.448. The Morgan fingerprint density at radius 2 is 1.40 bits per heavy atom. The molecule has 1 unspecified atom stereocenters. The maximum atomic E-state index is 13.3. The van der Waals surface area contributed by atoms with Gasteiger partial charge < -0.3 is 14.6 Å². The highest BCUT2D eigenvalue weighted by Gasteiger charge is 2.76. The molecule has 0 aromatic rings. The Bertz CT molecular complexity index is 836. The third-order valence-corrected chi connectivity index (χ3v) is 5.41. The van der Waals surface area contributed by atoms with Gasteiger partial charge in [0.2, 0.25) is 0 Å². The highest BCUT2D eigenvalue weighted by Crippen LogP contribution is 2.48. The Kier molecular flexibility index (Phi) is 10.6. The fourth-order valence-electron chi connectivity index (χ4n) is 2.53. The second-order valence-corrected chi connectivity index (χ2v) is 9.10. The van der Waals surface area contributed by atoms with Gasteiger partial charge in [0.15, 0.2) is 6.10 Å². The third kappa shape index (κ3) is 7.66. The van der Waals surface area contributed by atoms with Crippen molar-refractivity contribution >= 4 is 16.1 Å². The van der Waals surface area contributed by atoms with Crippen molar-refractivity contribution in [2.75, 3.05) is 13.2 Å². The summed E-state index contributed by atoms with van der Waals surface area (Å²) in [6.45, 7) is 3.19. The number of ether oxygens (including phenoxy) is 2. The molecule has 0 saturated heterocycles. The fraction of sp³-hybridized carbons (Fsp3) is 0.824. The molecule has 0 saturated carbocycles. The summed E-state index contributed by atoms with van der Waals surface area (Å²) in [6.07, 6.45) is -18.7. The van der Waals surface area contributed by atoms with Gasteiger partial charge in [-0.1, -0.05) is 20.4 Å². The minimum Gasteiger partial charge on any atom is -0.455 e. The van der Waals surface area contributed by atoms with Crippen LogP contribution in [0.25, 0.3) is 0 Å². The van der Waals surface area contributed by atoms with E-state index in [0.29, 0.717) is 0 Å². The SMILES string of the molecule is C=C(COCCCCC(F)(F)C(F)(F)S(=O)(=O)O)C(=O)OC(C(C)C)C(O)(C(F)(F)F)C(F)(F)F. The molecule has 0 aromatic carbocycles. The van der Waals surface area contributed by atoms with Crippen LogP contribution in [0, 0.1) is 5.92 Å². The van der Waals surface area contributed by atoms with Crippen LogP contribution in [0.4, 0.5) is 43.9 Å². The lowest BCUT2D eigenvalue weighted by Gasteiger charge is -2.39. The molecule has 7 nitrogen and oxygen atoms in total. The number of halogens is 10. The average molecular weight is 560 g/mol. The van der Waals surface area contributed by atoms with Crippen LogP contribution in [0.1, 0.15) is 33.1 Å². The first kappa shape index (κ1) is 33.3. The topological polar surface area (TPSA) is 110 Å². The lowest BCUT2D eigenvalue weighted by molar-refractivity contribution is -0.394. The summed E-state index contributed by atoms with van der Waals surface area (Å²) in [5.41, 5.74) is -6.24. The van der Waals surface area contributed by atoms with Crippen molar-refractivity contribution in [3.63, 3.8) is 0 Å². The summed E-state index contributed by atoms with van der Waals surface area (Å²) >= 11 is 0. The summed E-state index contributed by atoms with van der Waals surface area (Å²) in [4.78, 5) is 11.9. The first-order valence-corrected chi connectivity index (χ1v) is 10.8. The molecule has 0 spiro atoms. The summed E-state index contributed by atoms with van der Waals surface area (Å²) < 4.78 is 169. The van der Waals surface area contributed by atoms with Crippen LogP contribution in [0.5, 0.6) is 0 Å². The van der Waals surface area contributed by atoms with Crippen molar-refractivity contribution in [3.05, 3.63) is 12.2 Å². The number of unbranched alkanes of at least 4 members (excludes halogenated alkanes) is 1. The number of carbonyl (C=O) groups is 1. The van der Waals surface area contributed by atoms with Crippen LogP contribution >= 0.6 is 0 Å². The van der Waals surface area contributed by atoms with E-state index in [9.17, 15) is 62.2 Å². The van der Waals surface area contributed by atoms with E-state index in [1.807, 2.05) is 0 Å². The molecule has 0 radical (unpaired) electrons. The summed E-state index contributed by atoms with van der Waals surface area (Å²) in [5, 5.41) is 3.67. The van der Waals surface area contributed by atoms with E-state index in [1.165, 1.54) is 0 Å². The molecule has 18 heteroatoms. The first-order chi connectivity index (χ1) is 15.3. The van der Waals surface area contributed by atoms with E-state index in [2.05, 4.69) is 11.3 Å². The van der Waals surface area contributed by atoms with Gasteiger partial charge in [0.05, 0.1) is 12.2 Å². The Hall–Kier alpha value is -1.66. The average Bonchev–Trinajstić information content (AvgIpc) is 2.64. The minimum atomic E-state index is -6.41. The number of hydrogen-bond acceptors (Lipinski definition) is 6. The van der Waals surface area contributed by atoms with E-state index in [-0.39, 0.29) is 0 Å². The van der Waals surface area contributed by atoms with Gasteiger partial charge in [-0.25, -0.2) is 4.79 Å². The molecule has 35 heavy (non-hydrogen) atoms. The molecule has 0 fully saturated rings. The molecule has 0 rings (SSSR count). The molecule has 0 amide bonds. The number of carbonyl (C=O) groups excluding carboxylic acids is 1. The van der Waals surface area contributed by atoms with Crippen LogP contribution in [0.15, 0.2) is 12.2 Å². The number of aliphatic hydroxyl groups is 1. The first-order valence-electron chi connectivity index (χ1n) is 9.39. The van der Waals surface area contributed by atoms with Gasteiger partial charge >= 0.3 is 39.6 Å². The molecule has 0 aliphatic carbocycles. The molecular formula is C17H22F10O7S. The predicted molar refractivity (Wildman–Crippen MR) is 97.0 cm³/mol. The zero-order valence-electron chi connectivity index (χ0n) is 18.0. The van der Waals surface area contributed by atoms with E-state index in [4.69, 9.17) is 9.29 Å². The van der Waals surface area contributed by atoms with Crippen molar-refractivity contribution in [1.82, 2.24) is 0 Å². The molecule has 1 atom stereocenters. The Labute approximate surface area is 192 Å². The van der Waals surface area contributed by atoms with E-state index in [1.54, 1.807) is 0 Å². The van der Waals surface area contributed by atoms with Crippen molar-refractivity contribution in [2.24, 2.45) is 5.92 Å². The molecule has 0 heterocycles. The van der Waals surface area contributed by atoms with Crippen molar-refractivity contribution in [3.8, 4) is 0 Å². The summed E-state index contributed by atoms with van der Waals surface area (Å²) in [6, 6.07) is 0. The van der Waals surface area contributed by atoms with Crippen molar-refractivity contribution in [2.45, 2.75) is 68.3 Å². The van der Waals surface area contributed by atoms with Gasteiger partial charge in [0.1, 0.15) is 0 Å². The predicted octanol–water partition coefficient (Wildman–Crippen LogP) is 4.27. The molecule has 208 valence electrons. The maximum Gasteiger partial charge on any atom is 0.431 e. The third-order valence-electron chi connectivity index (χ3n) is 4.46. The quantitative estimate of drug-likeness (QED) is 0.114. The Morgan fingerprint density at radius 3 is 1.77 bits per heavy atom. The highest BCUT2D eigenvalue weighted by molar-refractivity contribution is 7.87. The van der Waals surface area contributed by atoms with Gasteiger partial charge in [0, 0.05) is 13.0 Å². The number of esters is 1. The second kappa shape index (κ2) is 11.2. The fourth-order valence-corrected chi connectivity index (χ4v) is 3.00. The highest BCUT2D eigenvalue weighted by atomic mass is 32.2. The van der Waals surface area contributed by atoms with Gasteiger partial charge in [-0.2, -0.15) is 52.3 Å². The van der Waals surface area contributed by atoms with E-state index >= 15 is 0 Å². The Morgan fingerprint density at radius 1 is 0.943 bits per heavy atom. The maximum absolute atomic E-state index is 13.3. The van der Waals surface area contributed by atoms with Crippen LogP contribution < -0.4 is 0 Å². The monoisotopic (exact) mass is 560 g/mol. The lowest BCUT2D eigenvalue weighted by atomic mass is 9.87. The molecule has 2 N–H and O–H groups in total. The number of hydrogen-bond donors (Lipinski definition) is 2. The smallest absolute Gasteiger partial charge is 0.431 e. The van der Waals surface area contributed by atoms with Crippen LogP contribution in [-0.4, -0.2) is 72.5 Å². The van der Waals surface area contributed by atoms with Crippen molar-refractivity contribution < 1.29 is 76.2 Å². The summed E-state index contributed by atoms with van der Waals surface area (Å²) in [5.74, 6) is -8.65. The standard InChI is InChI=1S/C17H22F10O7S/c1-9(2)11(14(29,15(20,21)22)16(23,24)25)34-12(28)10(3)8-33-7-5-4-6-13(18,19)17(26,27)35(30,31)32/h9,11,29H,3-8H2,1-2H3,(H,30,31,32). The van der Waals surface area contributed by atoms with E-state index < -0.39 is 95.3 Å². The van der Waals surface area contributed by atoms with Crippen molar-refractivity contribution in [1.29, 1.82) is 0 Å². The van der Waals surface area contributed by atoms with Gasteiger partial charge in [-0.15, -0.1) is 0 Å². The molecule has 0 aromatic heterocycles. The van der Waals surface area contributed by atoms with Crippen LogP contribution in [0.3, 0.4) is 0 Å². The molecule has 0 aliphatic rings. The largest absolute Gasteiger partial charge is 0.455 e. The Balaban J connectivity index is 4.97. The second-order valence-electron chi connectivity index (χ2n) is 7.64. The van der Waals surface area contributed by atoms with Gasteiger partial charge in [0.25, 0.3) is 5.60 Å².